The molecule has 2 amide bonds. The lowest BCUT2D eigenvalue weighted by Gasteiger charge is -2.33. The molecular formula is C35H35N5O7S. The van der Waals surface area contributed by atoms with Gasteiger partial charge in [0.05, 0.1) is 10.5 Å². The van der Waals surface area contributed by atoms with Gasteiger partial charge in [-0.15, -0.1) is 0 Å². The van der Waals surface area contributed by atoms with Crippen LogP contribution in [-0.4, -0.2) is 87.8 Å². The molecule has 13 heteroatoms. The van der Waals surface area contributed by atoms with Gasteiger partial charge < -0.3 is 24.7 Å². The number of piperidine rings is 1. The molecule has 2 aromatic carbocycles. The van der Waals surface area contributed by atoms with Gasteiger partial charge in [0.25, 0.3) is 15.9 Å². The molecule has 48 heavy (non-hydrogen) atoms. The van der Waals surface area contributed by atoms with Crippen molar-refractivity contribution in [3.63, 3.8) is 0 Å². The Labute approximate surface area is 278 Å². The van der Waals surface area contributed by atoms with Crippen molar-refractivity contribution in [1.82, 2.24) is 18.8 Å². The summed E-state index contributed by atoms with van der Waals surface area (Å²) < 4.78 is 35.2. The van der Waals surface area contributed by atoms with Gasteiger partial charge in [-0.25, -0.2) is 22.2 Å². The minimum Gasteiger partial charge on any atom is -0.489 e. The van der Waals surface area contributed by atoms with Crippen LogP contribution in [0.2, 0.25) is 0 Å². The number of carbonyl (C=O) groups excluding carboxylic acids is 1. The van der Waals surface area contributed by atoms with Crippen LogP contribution in [0.3, 0.4) is 0 Å². The Morgan fingerprint density at radius 2 is 1.77 bits per heavy atom. The molecule has 2 aromatic heterocycles. The zero-order valence-electron chi connectivity index (χ0n) is 26.5. The summed E-state index contributed by atoms with van der Waals surface area (Å²) in [5.41, 5.74) is 4.20. The number of carbonyl (C=O) groups is 2. The van der Waals surface area contributed by atoms with Crippen molar-refractivity contribution in [2.24, 2.45) is 0 Å². The fourth-order valence-corrected chi connectivity index (χ4v) is 7.45. The number of amides is 2. The normalized spacial score (nSPS) is 16.3. The molecular weight excluding hydrogens is 634 g/mol. The first-order chi connectivity index (χ1) is 23.0. The molecule has 0 aliphatic carbocycles. The number of aromatic nitrogens is 2. The van der Waals surface area contributed by atoms with Crippen LogP contribution in [0.15, 0.2) is 71.9 Å². The van der Waals surface area contributed by atoms with Crippen molar-refractivity contribution in [3.8, 4) is 22.9 Å². The minimum absolute atomic E-state index is 0.105. The van der Waals surface area contributed by atoms with E-state index in [-0.39, 0.29) is 34.7 Å². The molecule has 0 bridgehead atoms. The van der Waals surface area contributed by atoms with Crippen molar-refractivity contribution in [2.75, 3.05) is 26.2 Å². The van der Waals surface area contributed by atoms with Crippen LogP contribution in [-0.2, 0) is 14.8 Å². The quantitative estimate of drug-likeness (QED) is 0.285. The number of aliphatic hydroxyl groups excluding tert-OH is 1. The van der Waals surface area contributed by atoms with Crippen LogP contribution < -0.4 is 4.74 Å². The van der Waals surface area contributed by atoms with E-state index in [1.807, 2.05) is 19.1 Å². The standard InChI is InChI=1S/C35H35N5O7S/c1-22-3-6-29(7-4-22)48(45,46)40-21-31(30-18-27(20-37-33(30)40)24-9-13-39(14-10-24)35(43)44)25-5-8-32(26(17-25)19-36)47-28-11-15-38(16-12-28)34(42)23(2)41/h3-9,17-18,20-21,23,28,41H,10-16H2,1-2H3,(H,43,44)/t23-/m0/s1. The summed E-state index contributed by atoms with van der Waals surface area (Å²) in [5.74, 6) is 0.0606. The third kappa shape index (κ3) is 6.36. The van der Waals surface area contributed by atoms with Gasteiger partial charge in [0.15, 0.2) is 5.65 Å². The van der Waals surface area contributed by atoms with E-state index in [9.17, 15) is 33.5 Å². The van der Waals surface area contributed by atoms with Crippen molar-refractivity contribution in [3.05, 3.63) is 83.7 Å². The number of nitriles is 1. The monoisotopic (exact) mass is 669 g/mol. The van der Waals surface area contributed by atoms with E-state index in [0.717, 1.165) is 20.7 Å². The molecule has 0 spiro atoms. The van der Waals surface area contributed by atoms with E-state index >= 15 is 0 Å². The summed E-state index contributed by atoms with van der Waals surface area (Å²) in [4.78, 5) is 31.2. The number of hydrogen-bond donors (Lipinski definition) is 2. The van der Waals surface area contributed by atoms with Crippen LogP contribution in [0.4, 0.5) is 4.79 Å². The van der Waals surface area contributed by atoms with E-state index in [1.54, 1.807) is 53.6 Å². The number of benzene rings is 2. The van der Waals surface area contributed by atoms with Gasteiger partial charge in [-0.1, -0.05) is 29.8 Å². The van der Waals surface area contributed by atoms with Crippen LogP contribution in [0.5, 0.6) is 5.75 Å². The smallest absolute Gasteiger partial charge is 0.407 e. The highest BCUT2D eigenvalue weighted by atomic mass is 32.2. The number of ether oxygens (including phenoxy) is 1. The van der Waals surface area contributed by atoms with Gasteiger partial charge in [0, 0.05) is 62.4 Å². The molecule has 6 rings (SSSR count). The largest absolute Gasteiger partial charge is 0.489 e. The summed E-state index contributed by atoms with van der Waals surface area (Å²) in [7, 11) is -4.05. The van der Waals surface area contributed by atoms with E-state index in [4.69, 9.17) is 4.74 Å². The molecule has 1 fully saturated rings. The zero-order chi connectivity index (χ0) is 34.2. The fourth-order valence-electron chi connectivity index (χ4n) is 6.12. The second kappa shape index (κ2) is 13.1. The summed E-state index contributed by atoms with van der Waals surface area (Å²) in [6.07, 6.45) is 4.25. The Morgan fingerprint density at radius 1 is 1.04 bits per heavy atom. The van der Waals surface area contributed by atoms with E-state index < -0.39 is 22.2 Å². The van der Waals surface area contributed by atoms with Crippen molar-refractivity contribution >= 4 is 38.6 Å². The predicted octanol–water partition coefficient (Wildman–Crippen LogP) is 4.64. The number of carboxylic acid groups (broad SMARTS) is 1. The number of pyridine rings is 1. The molecule has 2 aliphatic heterocycles. The molecule has 0 saturated carbocycles. The molecule has 2 N–H and O–H groups in total. The van der Waals surface area contributed by atoms with Crippen molar-refractivity contribution < 1.29 is 33.0 Å². The van der Waals surface area contributed by atoms with Crippen LogP contribution in [0, 0.1) is 18.3 Å². The molecule has 4 heterocycles. The Hall–Kier alpha value is -5.19. The van der Waals surface area contributed by atoms with Gasteiger partial charge >= 0.3 is 6.09 Å². The third-order valence-electron chi connectivity index (χ3n) is 8.86. The maximum absolute atomic E-state index is 13.9. The summed E-state index contributed by atoms with van der Waals surface area (Å²) in [6, 6.07) is 15.8. The number of nitrogens with zero attached hydrogens (tertiary/aromatic N) is 5. The topological polar surface area (TPSA) is 166 Å². The summed E-state index contributed by atoms with van der Waals surface area (Å²) >= 11 is 0. The van der Waals surface area contributed by atoms with Gasteiger partial charge in [0.2, 0.25) is 0 Å². The second-order valence-corrected chi connectivity index (χ2v) is 13.9. The highest BCUT2D eigenvalue weighted by molar-refractivity contribution is 7.90. The number of fused-ring (bicyclic) bond motifs is 1. The SMILES string of the molecule is Cc1ccc(S(=O)(=O)n2cc(-c3ccc(OC4CCN(C(=O)[C@H](C)O)CC4)c(C#N)c3)c3cc(C4=CCN(C(=O)O)CC4)cnc32)cc1. The van der Waals surface area contributed by atoms with Gasteiger partial charge in [-0.05, 0) is 67.3 Å². The highest BCUT2D eigenvalue weighted by Crippen LogP contribution is 2.37. The van der Waals surface area contributed by atoms with E-state index in [0.29, 0.717) is 61.2 Å². The first kappa shape index (κ1) is 32.7. The lowest BCUT2D eigenvalue weighted by molar-refractivity contribution is -0.141. The molecule has 0 radical (unpaired) electrons. The van der Waals surface area contributed by atoms with Gasteiger partial charge in [-0.3, -0.25) is 4.79 Å². The molecule has 12 nitrogen and oxygen atoms in total. The number of likely N-dealkylation sites (tertiary alicyclic amines) is 1. The Bertz CT molecular complexity index is 2070. The average Bonchev–Trinajstić information content (AvgIpc) is 3.48. The lowest BCUT2D eigenvalue weighted by atomic mass is 9.98. The first-order valence-electron chi connectivity index (χ1n) is 15.6. The van der Waals surface area contributed by atoms with Crippen LogP contribution in [0.25, 0.3) is 27.7 Å². The van der Waals surface area contributed by atoms with Gasteiger partial charge in [-0.2, -0.15) is 5.26 Å². The van der Waals surface area contributed by atoms with Crippen molar-refractivity contribution in [2.45, 2.75) is 50.2 Å². The van der Waals surface area contributed by atoms with E-state index in [1.165, 1.54) is 18.0 Å². The number of hydrogen-bond acceptors (Lipinski definition) is 8. The number of aryl methyl sites for hydroxylation is 1. The summed E-state index contributed by atoms with van der Waals surface area (Å²) in [5, 5.41) is 29.7. The Morgan fingerprint density at radius 3 is 2.40 bits per heavy atom. The second-order valence-electron chi connectivity index (χ2n) is 12.1. The highest BCUT2D eigenvalue weighted by Gasteiger charge is 2.28. The van der Waals surface area contributed by atoms with Crippen molar-refractivity contribution in [1.29, 1.82) is 5.26 Å². The lowest BCUT2D eigenvalue weighted by Crippen LogP contribution is -2.45. The maximum atomic E-state index is 13.9. The minimum atomic E-state index is -4.05. The average molecular weight is 670 g/mol. The Kier molecular flexibility index (Phi) is 8.96. The fraction of sp³-hybridized carbons (Fsp3) is 0.314. The van der Waals surface area contributed by atoms with E-state index in [2.05, 4.69) is 11.1 Å². The molecule has 1 saturated heterocycles. The van der Waals surface area contributed by atoms with Gasteiger partial charge in [0.1, 0.15) is 24.0 Å². The maximum Gasteiger partial charge on any atom is 0.407 e. The van der Waals surface area contributed by atoms with Crippen LogP contribution in [0.1, 0.15) is 42.9 Å². The predicted molar refractivity (Wildman–Crippen MR) is 178 cm³/mol. The molecule has 4 aromatic rings. The van der Waals surface area contributed by atoms with Crippen LogP contribution >= 0.6 is 0 Å². The molecule has 0 unspecified atom stereocenters. The molecule has 2 aliphatic rings. The third-order valence-corrected chi connectivity index (χ3v) is 10.5. The first-order valence-corrected chi connectivity index (χ1v) is 17.1. The Balaban J connectivity index is 1.38. The summed E-state index contributed by atoms with van der Waals surface area (Å²) in [6.45, 7) is 4.76. The number of aliphatic hydroxyl groups is 1. The number of rotatable bonds is 7. The zero-order valence-corrected chi connectivity index (χ0v) is 27.4. The molecule has 1 atom stereocenters. The molecule has 248 valence electrons.